The summed E-state index contributed by atoms with van der Waals surface area (Å²) in [4.78, 5) is 29.6. The number of aliphatic hydroxyl groups is 1. The Morgan fingerprint density at radius 3 is 2.90 bits per heavy atom. The molecule has 0 amide bonds. The van der Waals surface area contributed by atoms with E-state index in [1.165, 1.54) is 0 Å². The number of pyridine rings is 2. The zero-order valence-electron chi connectivity index (χ0n) is 16.2. The van der Waals surface area contributed by atoms with E-state index < -0.39 is 12.1 Å². The molecule has 0 spiro atoms. The predicted molar refractivity (Wildman–Crippen MR) is 106 cm³/mol. The number of hydrogen-bond acceptors (Lipinski definition) is 6. The summed E-state index contributed by atoms with van der Waals surface area (Å²) in [5, 5.41) is 11.2. The molecule has 3 aromatic rings. The van der Waals surface area contributed by atoms with Crippen molar-refractivity contribution in [3.63, 3.8) is 0 Å². The number of cyclic esters (lactones) is 1. The van der Waals surface area contributed by atoms with E-state index in [9.17, 15) is 14.7 Å². The van der Waals surface area contributed by atoms with Crippen molar-refractivity contribution >= 4 is 16.9 Å². The molecule has 1 atom stereocenters. The van der Waals surface area contributed by atoms with Gasteiger partial charge in [0.05, 0.1) is 36.1 Å². The average Bonchev–Trinajstić information content (AvgIpc) is 3.08. The lowest BCUT2D eigenvalue weighted by atomic mass is 9.99. The standard InChI is InChI=1S/C22H20N2O5/c1-3-4-12-13-7-11-9-24-17(19(11)23-16(13)5-6-18(12)28-2)8-14-15(21(24)26)10-29-22(27)20(14)25/h5-8,20,25H,3-4,9-10H2,1-2H3/t20-/m0/s1. The molecule has 2 aliphatic heterocycles. The first-order chi connectivity index (χ1) is 14.0. The second-order valence-corrected chi connectivity index (χ2v) is 7.42. The Morgan fingerprint density at radius 1 is 1.31 bits per heavy atom. The number of nitrogens with zero attached hydrogens (tertiary/aromatic N) is 2. The number of rotatable bonds is 3. The smallest absolute Gasteiger partial charge is 0.340 e. The number of carbonyl (C=O) groups is 1. The topological polar surface area (TPSA) is 90.7 Å². The molecule has 0 bridgehead atoms. The van der Waals surface area contributed by atoms with Gasteiger partial charge in [-0.3, -0.25) is 4.79 Å². The van der Waals surface area contributed by atoms with E-state index in [1.54, 1.807) is 17.7 Å². The van der Waals surface area contributed by atoms with Crippen LogP contribution >= 0.6 is 0 Å². The zero-order chi connectivity index (χ0) is 20.3. The van der Waals surface area contributed by atoms with Gasteiger partial charge in [0.15, 0.2) is 6.10 Å². The van der Waals surface area contributed by atoms with Crippen LogP contribution < -0.4 is 10.3 Å². The van der Waals surface area contributed by atoms with Crippen LogP contribution in [0.15, 0.2) is 29.1 Å². The van der Waals surface area contributed by atoms with Crippen molar-refractivity contribution in [3.8, 4) is 17.1 Å². The van der Waals surface area contributed by atoms with Gasteiger partial charge in [0.2, 0.25) is 0 Å². The number of benzene rings is 1. The summed E-state index contributed by atoms with van der Waals surface area (Å²) < 4.78 is 12.1. The first kappa shape index (κ1) is 17.9. The van der Waals surface area contributed by atoms with Gasteiger partial charge in [-0.2, -0.15) is 0 Å². The molecule has 0 fully saturated rings. The maximum atomic E-state index is 13.0. The maximum absolute atomic E-state index is 13.0. The molecule has 0 unspecified atom stereocenters. The number of aryl methyl sites for hydroxylation is 1. The fourth-order valence-electron chi connectivity index (χ4n) is 4.34. The van der Waals surface area contributed by atoms with Gasteiger partial charge in [-0.05, 0) is 30.7 Å². The lowest BCUT2D eigenvalue weighted by Gasteiger charge is -2.21. The van der Waals surface area contributed by atoms with E-state index in [0.717, 1.165) is 40.6 Å². The van der Waals surface area contributed by atoms with Crippen LogP contribution in [0.2, 0.25) is 0 Å². The van der Waals surface area contributed by atoms with Crippen molar-refractivity contribution in [1.82, 2.24) is 9.55 Å². The molecule has 0 saturated carbocycles. The SMILES string of the molecule is CCCc1c(OC)ccc2nc3c(cc12)Cn1c-3cc2c(c1=O)COC(=O)[C@H]2O. The zero-order valence-corrected chi connectivity index (χ0v) is 16.2. The number of methoxy groups -OCH3 is 1. The van der Waals surface area contributed by atoms with E-state index in [1.807, 2.05) is 12.1 Å². The number of aromatic nitrogens is 2. The summed E-state index contributed by atoms with van der Waals surface area (Å²) in [5.41, 5.74) is 4.58. The van der Waals surface area contributed by atoms with Crippen molar-refractivity contribution in [2.45, 2.75) is 39.0 Å². The second-order valence-electron chi connectivity index (χ2n) is 7.42. The van der Waals surface area contributed by atoms with Gasteiger partial charge in [0.1, 0.15) is 12.4 Å². The van der Waals surface area contributed by atoms with Crippen molar-refractivity contribution in [2.24, 2.45) is 0 Å². The van der Waals surface area contributed by atoms with Crippen LogP contribution in [0.4, 0.5) is 0 Å². The quantitative estimate of drug-likeness (QED) is 0.539. The van der Waals surface area contributed by atoms with Crippen LogP contribution in [-0.4, -0.2) is 27.7 Å². The predicted octanol–water partition coefficient (Wildman–Crippen LogP) is 2.48. The van der Waals surface area contributed by atoms with E-state index >= 15 is 0 Å². The number of aliphatic hydroxyl groups excluding tert-OH is 1. The van der Waals surface area contributed by atoms with Crippen LogP contribution in [0, 0.1) is 0 Å². The molecule has 0 radical (unpaired) electrons. The van der Waals surface area contributed by atoms with Gasteiger partial charge in [-0.15, -0.1) is 0 Å². The molecule has 5 rings (SSSR count). The van der Waals surface area contributed by atoms with Gasteiger partial charge < -0.3 is 19.1 Å². The third-order valence-corrected chi connectivity index (χ3v) is 5.75. The lowest BCUT2D eigenvalue weighted by molar-refractivity contribution is -0.157. The summed E-state index contributed by atoms with van der Waals surface area (Å²) in [6, 6.07) is 7.61. The highest BCUT2D eigenvalue weighted by Crippen LogP contribution is 2.37. The van der Waals surface area contributed by atoms with E-state index in [0.29, 0.717) is 29.1 Å². The number of ether oxygens (including phenoxy) is 2. The highest BCUT2D eigenvalue weighted by atomic mass is 16.5. The Balaban J connectivity index is 1.74. The second kappa shape index (κ2) is 6.42. The molecule has 4 heterocycles. The van der Waals surface area contributed by atoms with Crippen LogP contribution in [0.1, 0.15) is 41.7 Å². The number of carbonyl (C=O) groups excluding carboxylic acids is 1. The van der Waals surface area contributed by atoms with Crippen LogP contribution in [0.3, 0.4) is 0 Å². The van der Waals surface area contributed by atoms with Gasteiger partial charge in [-0.25, -0.2) is 9.78 Å². The molecule has 1 N–H and O–H groups in total. The van der Waals surface area contributed by atoms with Gasteiger partial charge in [-0.1, -0.05) is 13.3 Å². The Hall–Kier alpha value is -3.19. The molecule has 2 aromatic heterocycles. The number of esters is 1. The first-order valence-electron chi connectivity index (χ1n) is 9.64. The third-order valence-electron chi connectivity index (χ3n) is 5.75. The molecule has 7 nitrogen and oxygen atoms in total. The Labute approximate surface area is 166 Å². The molecule has 1 aromatic carbocycles. The van der Waals surface area contributed by atoms with Gasteiger partial charge in [0.25, 0.3) is 5.56 Å². The van der Waals surface area contributed by atoms with Crippen LogP contribution in [0.5, 0.6) is 5.75 Å². The van der Waals surface area contributed by atoms with Gasteiger partial charge in [0, 0.05) is 22.1 Å². The monoisotopic (exact) mass is 392 g/mol. The van der Waals surface area contributed by atoms with E-state index in [-0.39, 0.29) is 12.2 Å². The van der Waals surface area contributed by atoms with Gasteiger partial charge >= 0.3 is 5.97 Å². The first-order valence-corrected chi connectivity index (χ1v) is 9.64. The maximum Gasteiger partial charge on any atom is 0.340 e. The fourth-order valence-corrected chi connectivity index (χ4v) is 4.34. The lowest BCUT2D eigenvalue weighted by Crippen LogP contribution is -2.32. The molecule has 0 saturated heterocycles. The molecule has 0 aliphatic carbocycles. The minimum absolute atomic E-state index is 0.117. The molecule has 29 heavy (non-hydrogen) atoms. The molecule has 7 heteroatoms. The largest absolute Gasteiger partial charge is 0.496 e. The number of hydrogen-bond donors (Lipinski definition) is 1. The fraction of sp³-hybridized carbons (Fsp3) is 0.318. The minimum Gasteiger partial charge on any atom is -0.496 e. The van der Waals surface area contributed by atoms with Crippen molar-refractivity contribution in [3.05, 3.63) is 56.9 Å². The van der Waals surface area contributed by atoms with E-state index in [4.69, 9.17) is 14.5 Å². The third kappa shape index (κ3) is 2.50. The highest BCUT2D eigenvalue weighted by Gasteiger charge is 2.33. The molecular formula is C22H20N2O5. The summed E-state index contributed by atoms with van der Waals surface area (Å²) in [7, 11) is 1.66. The highest BCUT2D eigenvalue weighted by molar-refractivity contribution is 5.89. The summed E-state index contributed by atoms with van der Waals surface area (Å²) in [6.07, 6.45) is 0.404. The summed E-state index contributed by atoms with van der Waals surface area (Å²) in [5.74, 6) is 0.103. The Morgan fingerprint density at radius 2 is 2.14 bits per heavy atom. The van der Waals surface area contributed by atoms with Crippen molar-refractivity contribution in [1.29, 1.82) is 0 Å². The van der Waals surface area contributed by atoms with Crippen LogP contribution in [-0.2, 0) is 29.1 Å². The number of fused-ring (bicyclic) bond motifs is 5. The molecule has 148 valence electrons. The minimum atomic E-state index is -1.44. The summed E-state index contributed by atoms with van der Waals surface area (Å²) >= 11 is 0. The molecule has 2 aliphatic rings. The average molecular weight is 392 g/mol. The van der Waals surface area contributed by atoms with E-state index in [2.05, 4.69) is 13.0 Å². The normalized spacial score (nSPS) is 16.9. The Kier molecular flexibility index (Phi) is 3.96. The molecular weight excluding hydrogens is 372 g/mol. The van der Waals surface area contributed by atoms with Crippen LogP contribution in [0.25, 0.3) is 22.3 Å². The van der Waals surface area contributed by atoms with Crippen molar-refractivity contribution in [2.75, 3.05) is 7.11 Å². The Bertz CT molecular complexity index is 1240. The summed E-state index contributed by atoms with van der Waals surface area (Å²) in [6.45, 7) is 2.40. The van der Waals surface area contributed by atoms with Crippen molar-refractivity contribution < 1.29 is 19.4 Å².